The van der Waals surface area contributed by atoms with Crippen LogP contribution in [0.2, 0.25) is 0 Å². The summed E-state index contributed by atoms with van der Waals surface area (Å²) >= 11 is 0. The standard InChI is InChI=1S/C20H23NO7/c1-11-7-16(23)27-19-12-5-6-20(2,3)28-13(12)8-14(18(11)19)26-10-15(22)21-9-17(24)25-4/h7-8H,5-6,9-10H2,1-4H3,(H,21,22). The highest BCUT2D eigenvalue weighted by atomic mass is 16.5. The van der Waals surface area contributed by atoms with Gasteiger partial charge in [0.1, 0.15) is 29.2 Å². The average molecular weight is 389 g/mol. The first-order valence-electron chi connectivity index (χ1n) is 8.96. The molecule has 1 amide bonds. The van der Waals surface area contributed by atoms with Crippen LogP contribution in [-0.4, -0.2) is 37.7 Å². The molecule has 28 heavy (non-hydrogen) atoms. The highest BCUT2D eigenvalue weighted by Gasteiger charge is 2.30. The van der Waals surface area contributed by atoms with Gasteiger partial charge in [0.25, 0.3) is 5.91 Å². The molecule has 1 aliphatic heterocycles. The van der Waals surface area contributed by atoms with Crippen molar-refractivity contribution in [3.05, 3.63) is 33.7 Å². The Morgan fingerprint density at radius 1 is 1.29 bits per heavy atom. The van der Waals surface area contributed by atoms with E-state index in [1.165, 1.54) is 13.2 Å². The average Bonchev–Trinajstić information content (AvgIpc) is 2.62. The number of carbonyl (C=O) groups excluding carboxylic acids is 2. The van der Waals surface area contributed by atoms with Crippen LogP contribution in [0, 0.1) is 6.92 Å². The Labute approximate surface area is 161 Å². The van der Waals surface area contributed by atoms with E-state index < -0.39 is 17.5 Å². The smallest absolute Gasteiger partial charge is 0.336 e. The lowest BCUT2D eigenvalue weighted by Crippen LogP contribution is -2.34. The number of carbonyl (C=O) groups is 2. The predicted octanol–water partition coefficient (Wildman–Crippen LogP) is 1.87. The third-order valence-corrected chi connectivity index (χ3v) is 4.62. The van der Waals surface area contributed by atoms with Crippen LogP contribution >= 0.6 is 0 Å². The minimum atomic E-state index is -0.555. The molecule has 1 aliphatic rings. The van der Waals surface area contributed by atoms with Crippen LogP contribution in [0.25, 0.3) is 11.0 Å². The first kappa shape index (κ1) is 19.7. The molecule has 3 rings (SSSR count). The molecule has 1 aromatic carbocycles. The third-order valence-electron chi connectivity index (χ3n) is 4.62. The Kier molecular flexibility index (Phi) is 5.31. The number of nitrogens with one attached hydrogen (secondary N) is 1. The summed E-state index contributed by atoms with van der Waals surface area (Å²) in [6, 6.07) is 3.10. The maximum Gasteiger partial charge on any atom is 0.336 e. The molecule has 0 bridgehead atoms. The molecule has 8 heteroatoms. The summed E-state index contributed by atoms with van der Waals surface area (Å²) in [5.74, 6) is -0.0863. The zero-order valence-electron chi connectivity index (χ0n) is 16.3. The summed E-state index contributed by atoms with van der Waals surface area (Å²) in [5.41, 5.74) is 1.11. The predicted molar refractivity (Wildman–Crippen MR) is 101 cm³/mol. The van der Waals surface area contributed by atoms with Crippen LogP contribution in [0.5, 0.6) is 11.5 Å². The van der Waals surface area contributed by atoms with Gasteiger partial charge in [0.05, 0.1) is 12.5 Å². The Morgan fingerprint density at radius 3 is 2.75 bits per heavy atom. The SMILES string of the molecule is COC(=O)CNC(=O)COc1cc2c(c3oc(=O)cc(C)c13)CCC(C)(C)O2. The molecule has 0 aliphatic carbocycles. The van der Waals surface area contributed by atoms with Crippen molar-refractivity contribution in [3.63, 3.8) is 0 Å². The molecule has 150 valence electrons. The molecule has 0 saturated carbocycles. The second-order valence-corrected chi connectivity index (χ2v) is 7.31. The molecular weight excluding hydrogens is 366 g/mol. The highest BCUT2D eigenvalue weighted by Crippen LogP contribution is 2.42. The monoisotopic (exact) mass is 389 g/mol. The van der Waals surface area contributed by atoms with Gasteiger partial charge in [-0.2, -0.15) is 0 Å². The number of fused-ring (bicyclic) bond motifs is 3. The maximum atomic E-state index is 12.0. The van der Waals surface area contributed by atoms with E-state index in [9.17, 15) is 14.4 Å². The van der Waals surface area contributed by atoms with Crippen molar-refractivity contribution in [3.8, 4) is 11.5 Å². The highest BCUT2D eigenvalue weighted by molar-refractivity contribution is 5.92. The molecule has 2 aromatic rings. The van der Waals surface area contributed by atoms with Crippen molar-refractivity contribution in [2.24, 2.45) is 0 Å². The first-order valence-corrected chi connectivity index (χ1v) is 8.96. The fourth-order valence-corrected chi connectivity index (χ4v) is 3.17. The van der Waals surface area contributed by atoms with E-state index in [0.717, 1.165) is 12.0 Å². The second kappa shape index (κ2) is 7.53. The molecule has 2 heterocycles. The number of ether oxygens (including phenoxy) is 3. The number of rotatable bonds is 5. The van der Waals surface area contributed by atoms with Crippen LogP contribution in [-0.2, 0) is 20.7 Å². The van der Waals surface area contributed by atoms with Gasteiger partial charge in [0.2, 0.25) is 0 Å². The van der Waals surface area contributed by atoms with E-state index >= 15 is 0 Å². The van der Waals surface area contributed by atoms with E-state index in [1.54, 1.807) is 13.0 Å². The number of amides is 1. The molecule has 0 atom stereocenters. The fourth-order valence-electron chi connectivity index (χ4n) is 3.17. The lowest BCUT2D eigenvalue weighted by molar-refractivity contribution is -0.141. The summed E-state index contributed by atoms with van der Waals surface area (Å²) in [6.45, 7) is 5.19. The quantitative estimate of drug-likeness (QED) is 0.615. The van der Waals surface area contributed by atoms with Crippen LogP contribution in [0.15, 0.2) is 21.3 Å². The van der Waals surface area contributed by atoms with Gasteiger partial charge in [-0.25, -0.2) is 4.79 Å². The molecule has 0 unspecified atom stereocenters. The van der Waals surface area contributed by atoms with Gasteiger partial charge >= 0.3 is 11.6 Å². The van der Waals surface area contributed by atoms with Crippen molar-refractivity contribution >= 4 is 22.8 Å². The molecule has 8 nitrogen and oxygen atoms in total. The number of methoxy groups -OCH3 is 1. The number of esters is 1. The normalized spacial score (nSPS) is 14.7. The molecule has 0 radical (unpaired) electrons. The van der Waals surface area contributed by atoms with Crippen molar-refractivity contribution in [1.82, 2.24) is 5.32 Å². The van der Waals surface area contributed by atoms with Crippen LogP contribution in [0.4, 0.5) is 0 Å². The Bertz CT molecular complexity index is 990. The number of hydrogen-bond donors (Lipinski definition) is 1. The summed E-state index contributed by atoms with van der Waals surface area (Å²) in [4.78, 5) is 35.0. The fraction of sp³-hybridized carbons (Fsp3) is 0.450. The maximum absolute atomic E-state index is 12.0. The van der Waals surface area contributed by atoms with Gasteiger partial charge in [-0.1, -0.05) is 0 Å². The molecule has 0 spiro atoms. The van der Waals surface area contributed by atoms with Gasteiger partial charge < -0.3 is 23.9 Å². The van der Waals surface area contributed by atoms with Crippen LogP contribution in [0.3, 0.4) is 0 Å². The van der Waals surface area contributed by atoms with Crippen LogP contribution in [0.1, 0.15) is 31.4 Å². The second-order valence-electron chi connectivity index (χ2n) is 7.31. The van der Waals surface area contributed by atoms with E-state index in [0.29, 0.717) is 34.5 Å². The summed E-state index contributed by atoms with van der Waals surface area (Å²) < 4.78 is 21.7. The summed E-state index contributed by atoms with van der Waals surface area (Å²) in [5, 5.41) is 3.03. The van der Waals surface area contributed by atoms with Gasteiger partial charge in [0, 0.05) is 17.7 Å². The van der Waals surface area contributed by atoms with Crippen LogP contribution < -0.4 is 20.4 Å². The summed E-state index contributed by atoms with van der Waals surface area (Å²) in [7, 11) is 1.24. The van der Waals surface area contributed by atoms with E-state index in [1.807, 2.05) is 13.8 Å². The minimum Gasteiger partial charge on any atom is -0.487 e. The van der Waals surface area contributed by atoms with E-state index in [-0.39, 0.29) is 18.8 Å². The molecular formula is C20H23NO7. The zero-order valence-corrected chi connectivity index (χ0v) is 16.3. The van der Waals surface area contributed by atoms with Gasteiger partial charge in [0.15, 0.2) is 6.61 Å². The molecule has 0 fully saturated rings. The number of benzene rings is 1. The van der Waals surface area contributed by atoms with Gasteiger partial charge in [-0.05, 0) is 39.2 Å². The zero-order chi connectivity index (χ0) is 20.5. The Hall–Kier alpha value is -3.03. The molecule has 0 saturated heterocycles. The third kappa shape index (κ3) is 4.11. The van der Waals surface area contributed by atoms with Crippen molar-refractivity contribution in [2.45, 2.75) is 39.2 Å². The largest absolute Gasteiger partial charge is 0.487 e. The number of hydrogen-bond acceptors (Lipinski definition) is 7. The van der Waals surface area contributed by atoms with Crippen molar-refractivity contribution in [1.29, 1.82) is 0 Å². The topological polar surface area (TPSA) is 104 Å². The molecule has 1 N–H and O–H groups in total. The summed E-state index contributed by atoms with van der Waals surface area (Å²) in [6.07, 6.45) is 1.48. The van der Waals surface area contributed by atoms with Gasteiger partial charge in [-0.15, -0.1) is 0 Å². The molecule has 1 aromatic heterocycles. The Morgan fingerprint density at radius 2 is 2.04 bits per heavy atom. The van der Waals surface area contributed by atoms with E-state index in [2.05, 4.69) is 10.1 Å². The minimum absolute atomic E-state index is 0.241. The lowest BCUT2D eigenvalue weighted by Gasteiger charge is -2.33. The van der Waals surface area contributed by atoms with Crippen molar-refractivity contribution < 1.29 is 28.2 Å². The Balaban J connectivity index is 1.94. The first-order chi connectivity index (χ1) is 13.2. The van der Waals surface area contributed by atoms with E-state index in [4.69, 9.17) is 13.9 Å². The lowest BCUT2D eigenvalue weighted by atomic mass is 9.92. The van der Waals surface area contributed by atoms with Crippen molar-refractivity contribution in [2.75, 3.05) is 20.3 Å². The number of aryl methyl sites for hydroxylation is 2. The van der Waals surface area contributed by atoms with Gasteiger partial charge in [-0.3, -0.25) is 9.59 Å².